The SMILES string of the molecule is CCOC(=O)[C@@H](NS(=O)(=O)c1ccc(C)cc1)[C@H](O)c1ccc(OC)c(OC)c1. The number of aliphatic hydroxyl groups is 1. The van der Waals surface area contributed by atoms with Gasteiger partial charge in [-0.25, -0.2) is 8.42 Å². The van der Waals surface area contributed by atoms with Crippen molar-refractivity contribution in [2.75, 3.05) is 20.8 Å². The Balaban J connectivity index is 2.39. The molecule has 2 rings (SSSR count). The van der Waals surface area contributed by atoms with E-state index in [0.717, 1.165) is 5.56 Å². The largest absolute Gasteiger partial charge is 0.493 e. The molecule has 0 bridgehead atoms. The van der Waals surface area contributed by atoms with Gasteiger partial charge < -0.3 is 19.3 Å². The summed E-state index contributed by atoms with van der Waals surface area (Å²) in [6.07, 6.45) is -1.52. The third kappa shape index (κ3) is 5.47. The number of methoxy groups -OCH3 is 2. The molecule has 0 heterocycles. The van der Waals surface area contributed by atoms with Crippen LogP contribution in [0.2, 0.25) is 0 Å². The molecule has 0 aliphatic rings. The summed E-state index contributed by atoms with van der Waals surface area (Å²) in [4.78, 5) is 12.4. The van der Waals surface area contributed by atoms with Crippen molar-refractivity contribution < 1.29 is 32.5 Å². The number of benzene rings is 2. The number of aliphatic hydroxyl groups excluding tert-OH is 1. The van der Waals surface area contributed by atoms with Gasteiger partial charge in [0.05, 0.1) is 25.7 Å². The zero-order chi connectivity index (χ0) is 21.6. The highest BCUT2D eigenvalue weighted by atomic mass is 32.2. The maximum absolute atomic E-state index is 12.7. The van der Waals surface area contributed by atoms with Gasteiger partial charge in [-0.05, 0) is 43.7 Å². The fourth-order valence-electron chi connectivity index (χ4n) is 2.66. The lowest BCUT2D eigenvalue weighted by Crippen LogP contribution is -2.45. The molecule has 8 nitrogen and oxygen atoms in total. The molecule has 0 saturated heterocycles. The molecule has 29 heavy (non-hydrogen) atoms. The topological polar surface area (TPSA) is 111 Å². The van der Waals surface area contributed by atoms with Crippen molar-refractivity contribution in [3.05, 3.63) is 53.6 Å². The minimum absolute atomic E-state index is 0.0280. The molecule has 0 aliphatic heterocycles. The minimum atomic E-state index is -4.09. The smallest absolute Gasteiger partial charge is 0.327 e. The van der Waals surface area contributed by atoms with Crippen LogP contribution in [0.1, 0.15) is 24.2 Å². The first-order valence-corrected chi connectivity index (χ1v) is 10.4. The monoisotopic (exact) mass is 423 g/mol. The van der Waals surface area contributed by atoms with Crippen LogP contribution in [-0.4, -0.2) is 46.4 Å². The van der Waals surface area contributed by atoms with Gasteiger partial charge in [0.2, 0.25) is 10.0 Å². The van der Waals surface area contributed by atoms with E-state index in [4.69, 9.17) is 14.2 Å². The number of sulfonamides is 1. The van der Waals surface area contributed by atoms with E-state index in [1.165, 1.54) is 38.5 Å². The van der Waals surface area contributed by atoms with Crippen LogP contribution >= 0.6 is 0 Å². The maximum atomic E-state index is 12.7. The first-order valence-electron chi connectivity index (χ1n) is 8.89. The van der Waals surface area contributed by atoms with Crippen LogP contribution < -0.4 is 14.2 Å². The molecular formula is C20H25NO7S. The zero-order valence-corrected chi connectivity index (χ0v) is 17.5. The predicted octanol–water partition coefficient (Wildman–Crippen LogP) is 1.96. The third-order valence-corrected chi connectivity index (χ3v) is 5.68. The minimum Gasteiger partial charge on any atom is -0.493 e. The number of carbonyl (C=O) groups excluding carboxylic acids is 1. The van der Waals surface area contributed by atoms with Crippen molar-refractivity contribution >= 4 is 16.0 Å². The Morgan fingerprint density at radius 1 is 1.07 bits per heavy atom. The Bertz CT molecular complexity index is 942. The summed E-state index contributed by atoms with van der Waals surface area (Å²) in [6, 6.07) is 9.09. The number of rotatable bonds is 9. The molecule has 158 valence electrons. The van der Waals surface area contributed by atoms with Crippen LogP contribution in [0.15, 0.2) is 47.4 Å². The van der Waals surface area contributed by atoms with Gasteiger partial charge >= 0.3 is 5.97 Å². The van der Waals surface area contributed by atoms with Crippen molar-refractivity contribution in [3.8, 4) is 11.5 Å². The molecule has 2 N–H and O–H groups in total. The summed E-state index contributed by atoms with van der Waals surface area (Å²) in [5.74, 6) is -0.144. The van der Waals surface area contributed by atoms with Gasteiger partial charge in [0.1, 0.15) is 12.1 Å². The van der Waals surface area contributed by atoms with E-state index in [1.54, 1.807) is 25.1 Å². The van der Waals surface area contributed by atoms with Gasteiger partial charge in [0.15, 0.2) is 11.5 Å². The molecule has 0 spiro atoms. The first kappa shape index (κ1) is 22.7. The van der Waals surface area contributed by atoms with Gasteiger partial charge in [-0.3, -0.25) is 4.79 Å². The van der Waals surface area contributed by atoms with E-state index in [1.807, 2.05) is 6.92 Å². The van der Waals surface area contributed by atoms with E-state index >= 15 is 0 Å². The molecular weight excluding hydrogens is 398 g/mol. The Hall–Kier alpha value is -2.62. The van der Waals surface area contributed by atoms with Crippen LogP contribution in [0.4, 0.5) is 0 Å². The molecule has 0 unspecified atom stereocenters. The van der Waals surface area contributed by atoms with Gasteiger partial charge in [0.25, 0.3) is 0 Å². The van der Waals surface area contributed by atoms with Crippen LogP contribution in [0, 0.1) is 6.92 Å². The van der Waals surface area contributed by atoms with Gasteiger partial charge in [0, 0.05) is 0 Å². The van der Waals surface area contributed by atoms with Gasteiger partial charge in [-0.2, -0.15) is 4.72 Å². The Labute approximate surface area is 170 Å². The second kappa shape index (κ2) is 9.73. The summed E-state index contributed by atoms with van der Waals surface area (Å²) in [5, 5.41) is 10.8. The summed E-state index contributed by atoms with van der Waals surface area (Å²) in [5.41, 5.74) is 1.14. The Kier molecular flexibility index (Phi) is 7.60. The first-order chi connectivity index (χ1) is 13.7. The van der Waals surface area contributed by atoms with Crippen LogP contribution in [0.25, 0.3) is 0 Å². The van der Waals surface area contributed by atoms with E-state index < -0.39 is 28.1 Å². The number of nitrogens with one attached hydrogen (secondary N) is 1. The number of aryl methyl sites for hydroxylation is 1. The molecule has 2 atom stereocenters. The molecule has 0 radical (unpaired) electrons. The lowest BCUT2D eigenvalue weighted by Gasteiger charge is -2.23. The van der Waals surface area contributed by atoms with Gasteiger partial charge in [-0.15, -0.1) is 0 Å². The zero-order valence-electron chi connectivity index (χ0n) is 16.7. The summed E-state index contributed by atoms with van der Waals surface area (Å²) in [7, 11) is -1.20. The molecule has 2 aromatic rings. The average Bonchev–Trinajstić information content (AvgIpc) is 2.71. The van der Waals surface area contributed by atoms with Crippen molar-refractivity contribution in [2.45, 2.75) is 30.9 Å². The molecule has 0 fully saturated rings. The Morgan fingerprint density at radius 3 is 2.24 bits per heavy atom. The van der Waals surface area contributed by atoms with E-state index in [0.29, 0.717) is 11.5 Å². The van der Waals surface area contributed by atoms with Crippen molar-refractivity contribution in [1.82, 2.24) is 4.72 Å². The maximum Gasteiger partial charge on any atom is 0.327 e. The fourth-order valence-corrected chi connectivity index (χ4v) is 3.85. The van der Waals surface area contributed by atoms with Crippen LogP contribution in [0.5, 0.6) is 11.5 Å². The molecule has 0 aromatic heterocycles. The highest BCUT2D eigenvalue weighted by molar-refractivity contribution is 7.89. The molecule has 9 heteroatoms. The van der Waals surface area contributed by atoms with Crippen molar-refractivity contribution in [2.24, 2.45) is 0 Å². The normalized spacial score (nSPS) is 13.4. The average molecular weight is 423 g/mol. The number of hydrogen-bond acceptors (Lipinski definition) is 7. The molecule has 0 amide bonds. The van der Waals surface area contributed by atoms with Crippen molar-refractivity contribution in [1.29, 1.82) is 0 Å². The second-order valence-corrected chi connectivity index (χ2v) is 7.94. The fraction of sp³-hybridized carbons (Fsp3) is 0.350. The van der Waals surface area contributed by atoms with E-state index in [9.17, 15) is 18.3 Å². The molecule has 2 aromatic carbocycles. The predicted molar refractivity (Wildman–Crippen MR) is 106 cm³/mol. The lowest BCUT2D eigenvalue weighted by atomic mass is 10.0. The summed E-state index contributed by atoms with van der Waals surface area (Å²) < 4.78 is 43.1. The quantitative estimate of drug-likeness (QED) is 0.593. The Morgan fingerprint density at radius 2 is 1.69 bits per heavy atom. The highest BCUT2D eigenvalue weighted by Gasteiger charge is 2.34. The number of ether oxygens (including phenoxy) is 3. The molecule has 0 saturated carbocycles. The molecule has 0 aliphatic carbocycles. The number of carbonyl (C=O) groups is 1. The van der Waals surface area contributed by atoms with E-state index in [2.05, 4.69) is 4.72 Å². The number of hydrogen-bond donors (Lipinski definition) is 2. The summed E-state index contributed by atoms with van der Waals surface area (Å²) >= 11 is 0. The van der Waals surface area contributed by atoms with Crippen molar-refractivity contribution in [3.63, 3.8) is 0 Å². The highest BCUT2D eigenvalue weighted by Crippen LogP contribution is 2.31. The lowest BCUT2D eigenvalue weighted by molar-refractivity contribution is -0.148. The number of esters is 1. The summed E-state index contributed by atoms with van der Waals surface area (Å²) in [6.45, 7) is 3.44. The third-order valence-electron chi connectivity index (χ3n) is 4.22. The van der Waals surface area contributed by atoms with E-state index in [-0.39, 0.29) is 17.1 Å². The van der Waals surface area contributed by atoms with Gasteiger partial charge in [-0.1, -0.05) is 23.8 Å². The second-order valence-electron chi connectivity index (χ2n) is 6.22. The van der Waals surface area contributed by atoms with Crippen LogP contribution in [-0.2, 0) is 19.6 Å². The standard InChI is InChI=1S/C20H25NO7S/c1-5-28-20(23)18(21-29(24,25)15-9-6-13(2)7-10-15)19(22)14-8-11-16(26-3)17(12-14)27-4/h6-12,18-19,21-22H,5H2,1-4H3/t18-,19+/m0/s1. The van der Waals surface area contributed by atoms with Crippen LogP contribution in [0.3, 0.4) is 0 Å².